The van der Waals surface area contributed by atoms with E-state index >= 15 is 0 Å². The lowest BCUT2D eigenvalue weighted by Gasteiger charge is -2.09. The second kappa shape index (κ2) is 7.54. The van der Waals surface area contributed by atoms with Gasteiger partial charge in [-0.1, -0.05) is 27.2 Å². The van der Waals surface area contributed by atoms with Gasteiger partial charge in [0.25, 0.3) is 0 Å². The zero-order valence-corrected chi connectivity index (χ0v) is 12.1. The Kier molecular flexibility index (Phi) is 6.34. The fourth-order valence-electron chi connectivity index (χ4n) is 1.30. The molecular weight excluding hydrogens is 230 g/mol. The van der Waals surface area contributed by atoms with Crippen LogP contribution in [0.4, 0.5) is 5.82 Å². The molecule has 0 saturated carbocycles. The second-order valence-corrected chi connectivity index (χ2v) is 5.43. The molecule has 1 aromatic heterocycles. The highest BCUT2D eigenvalue weighted by Gasteiger charge is 2.05. The smallest absolute Gasteiger partial charge is 0.130 e. The van der Waals surface area contributed by atoms with Crippen LogP contribution in [0.15, 0.2) is 11.1 Å². The van der Waals surface area contributed by atoms with Crippen molar-refractivity contribution < 1.29 is 0 Å². The topological polar surface area (TPSA) is 37.8 Å². The molecule has 0 amide bonds. The number of hydrogen-bond acceptors (Lipinski definition) is 4. The Morgan fingerprint density at radius 3 is 2.76 bits per heavy atom. The highest BCUT2D eigenvalue weighted by Crippen LogP contribution is 2.22. The number of aryl methyl sites for hydroxylation is 1. The summed E-state index contributed by atoms with van der Waals surface area (Å²) in [6.45, 7) is 9.57. The molecule has 1 heterocycles. The molecular formula is C13H23N3S. The molecule has 4 heteroatoms. The SMILES string of the molecule is CCCNc1cc(SCC(C)CC)nc(C)n1. The second-order valence-electron chi connectivity index (χ2n) is 4.39. The van der Waals surface area contributed by atoms with Crippen LogP contribution in [0, 0.1) is 12.8 Å². The van der Waals surface area contributed by atoms with Crippen LogP contribution in [0.25, 0.3) is 0 Å². The third-order valence-corrected chi connectivity index (χ3v) is 3.82. The molecule has 0 radical (unpaired) electrons. The Morgan fingerprint density at radius 1 is 1.35 bits per heavy atom. The molecule has 17 heavy (non-hydrogen) atoms. The van der Waals surface area contributed by atoms with Gasteiger partial charge in [0.1, 0.15) is 16.7 Å². The predicted octanol–water partition coefficient (Wildman–Crippen LogP) is 3.75. The first-order chi connectivity index (χ1) is 8.15. The molecule has 1 aromatic rings. The lowest BCUT2D eigenvalue weighted by molar-refractivity contribution is 0.636. The van der Waals surface area contributed by atoms with E-state index in [2.05, 4.69) is 42.1 Å². The maximum absolute atomic E-state index is 4.46. The van der Waals surface area contributed by atoms with Gasteiger partial charge in [0.15, 0.2) is 0 Å². The number of nitrogens with one attached hydrogen (secondary N) is 1. The minimum Gasteiger partial charge on any atom is -0.370 e. The van der Waals surface area contributed by atoms with Crippen molar-refractivity contribution in [3.05, 3.63) is 11.9 Å². The van der Waals surface area contributed by atoms with E-state index in [0.29, 0.717) is 0 Å². The first-order valence-corrected chi connectivity index (χ1v) is 7.36. The molecule has 1 rings (SSSR count). The number of aromatic nitrogens is 2. The molecule has 96 valence electrons. The van der Waals surface area contributed by atoms with Gasteiger partial charge in [0, 0.05) is 18.4 Å². The van der Waals surface area contributed by atoms with E-state index in [1.165, 1.54) is 6.42 Å². The summed E-state index contributed by atoms with van der Waals surface area (Å²) in [4.78, 5) is 8.84. The average molecular weight is 253 g/mol. The summed E-state index contributed by atoms with van der Waals surface area (Å²) in [5.41, 5.74) is 0. The van der Waals surface area contributed by atoms with Gasteiger partial charge in [0.2, 0.25) is 0 Å². The molecule has 1 atom stereocenters. The molecule has 0 aliphatic carbocycles. The van der Waals surface area contributed by atoms with Crippen LogP contribution in [0.1, 0.15) is 39.4 Å². The van der Waals surface area contributed by atoms with Crippen molar-refractivity contribution in [2.45, 2.75) is 45.6 Å². The van der Waals surface area contributed by atoms with Gasteiger partial charge in [-0.25, -0.2) is 9.97 Å². The molecule has 3 nitrogen and oxygen atoms in total. The minimum absolute atomic E-state index is 0.738. The van der Waals surface area contributed by atoms with Crippen LogP contribution in [0.2, 0.25) is 0 Å². The van der Waals surface area contributed by atoms with Gasteiger partial charge in [-0.05, 0) is 19.3 Å². The molecule has 0 spiro atoms. The van der Waals surface area contributed by atoms with Crippen molar-refractivity contribution >= 4 is 17.6 Å². The van der Waals surface area contributed by atoms with Crippen molar-refractivity contribution in [3.8, 4) is 0 Å². The number of hydrogen-bond donors (Lipinski definition) is 1. The molecule has 0 saturated heterocycles. The molecule has 0 fully saturated rings. The molecule has 1 N–H and O–H groups in total. The number of thioether (sulfide) groups is 1. The van der Waals surface area contributed by atoms with Gasteiger partial charge in [0.05, 0.1) is 0 Å². The maximum atomic E-state index is 4.46. The van der Waals surface area contributed by atoms with Crippen LogP contribution in [-0.2, 0) is 0 Å². The molecule has 0 bridgehead atoms. The summed E-state index contributed by atoms with van der Waals surface area (Å²) < 4.78 is 0. The van der Waals surface area contributed by atoms with Crippen molar-refractivity contribution in [3.63, 3.8) is 0 Å². The minimum atomic E-state index is 0.738. The Morgan fingerprint density at radius 2 is 2.12 bits per heavy atom. The summed E-state index contributed by atoms with van der Waals surface area (Å²) in [7, 11) is 0. The molecule has 0 aromatic carbocycles. The van der Waals surface area contributed by atoms with Crippen LogP contribution in [-0.4, -0.2) is 22.3 Å². The van der Waals surface area contributed by atoms with Gasteiger partial charge < -0.3 is 5.32 Å². The molecule has 1 unspecified atom stereocenters. The van der Waals surface area contributed by atoms with Crippen LogP contribution in [0.3, 0.4) is 0 Å². The van der Waals surface area contributed by atoms with Crippen molar-refractivity contribution in [2.75, 3.05) is 17.6 Å². The Labute approximate surface area is 109 Å². The average Bonchev–Trinajstić information content (AvgIpc) is 2.32. The highest BCUT2D eigenvalue weighted by molar-refractivity contribution is 7.99. The van der Waals surface area contributed by atoms with Crippen molar-refractivity contribution in [2.24, 2.45) is 5.92 Å². The summed E-state index contributed by atoms with van der Waals surface area (Å²) in [5.74, 6) is 3.66. The standard InChI is InChI=1S/C13H23N3S/c1-5-7-14-12-8-13(16-11(4)15-12)17-9-10(3)6-2/h8,10H,5-7,9H2,1-4H3,(H,14,15,16). The number of nitrogens with zero attached hydrogens (tertiary/aromatic N) is 2. The third kappa shape index (κ3) is 5.39. The normalized spacial score (nSPS) is 12.5. The maximum Gasteiger partial charge on any atom is 0.130 e. The van der Waals surface area contributed by atoms with E-state index in [-0.39, 0.29) is 0 Å². The Balaban J connectivity index is 2.61. The van der Waals surface area contributed by atoms with Gasteiger partial charge in [-0.3, -0.25) is 0 Å². The monoisotopic (exact) mass is 253 g/mol. The summed E-state index contributed by atoms with van der Waals surface area (Å²) in [6.07, 6.45) is 2.33. The van der Waals surface area contributed by atoms with Gasteiger partial charge >= 0.3 is 0 Å². The van der Waals surface area contributed by atoms with E-state index in [1.54, 1.807) is 0 Å². The fraction of sp³-hybridized carbons (Fsp3) is 0.692. The van der Waals surface area contributed by atoms with Crippen LogP contribution < -0.4 is 5.32 Å². The van der Waals surface area contributed by atoms with Crippen molar-refractivity contribution in [1.82, 2.24) is 9.97 Å². The Bertz CT molecular complexity index is 341. The van der Waals surface area contributed by atoms with E-state index in [0.717, 1.165) is 41.3 Å². The summed E-state index contributed by atoms with van der Waals surface area (Å²) in [6, 6.07) is 2.05. The van der Waals surface area contributed by atoms with Crippen molar-refractivity contribution in [1.29, 1.82) is 0 Å². The van der Waals surface area contributed by atoms with E-state index in [9.17, 15) is 0 Å². The Hall–Kier alpha value is -0.770. The van der Waals surface area contributed by atoms with E-state index < -0.39 is 0 Å². The zero-order valence-electron chi connectivity index (χ0n) is 11.3. The third-order valence-electron chi connectivity index (χ3n) is 2.58. The first kappa shape index (κ1) is 14.3. The van der Waals surface area contributed by atoms with Gasteiger partial charge in [-0.15, -0.1) is 11.8 Å². The quantitative estimate of drug-likeness (QED) is 0.593. The van der Waals surface area contributed by atoms with Crippen LogP contribution >= 0.6 is 11.8 Å². The molecule has 0 aliphatic rings. The first-order valence-electron chi connectivity index (χ1n) is 6.38. The summed E-state index contributed by atoms with van der Waals surface area (Å²) >= 11 is 1.82. The summed E-state index contributed by atoms with van der Waals surface area (Å²) in [5, 5.41) is 4.39. The lowest BCUT2D eigenvalue weighted by Crippen LogP contribution is -2.04. The fourth-order valence-corrected chi connectivity index (χ4v) is 2.39. The largest absolute Gasteiger partial charge is 0.370 e. The molecule has 0 aliphatic heterocycles. The van der Waals surface area contributed by atoms with E-state index in [1.807, 2.05) is 18.7 Å². The number of anilines is 1. The zero-order chi connectivity index (χ0) is 12.7. The highest BCUT2D eigenvalue weighted by atomic mass is 32.2. The number of rotatable bonds is 7. The predicted molar refractivity (Wildman–Crippen MR) is 75.7 cm³/mol. The van der Waals surface area contributed by atoms with Crippen LogP contribution in [0.5, 0.6) is 0 Å². The lowest BCUT2D eigenvalue weighted by atomic mass is 10.2. The van der Waals surface area contributed by atoms with Gasteiger partial charge in [-0.2, -0.15) is 0 Å². The van der Waals surface area contributed by atoms with E-state index in [4.69, 9.17) is 0 Å².